The number of carboxylic acid groups (broad SMARTS) is 1. The van der Waals surface area contributed by atoms with Crippen LogP contribution in [0.2, 0.25) is 0 Å². The van der Waals surface area contributed by atoms with E-state index in [1.54, 1.807) is 7.05 Å². The van der Waals surface area contributed by atoms with Gasteiger partial charge < -0.3 is 15.7 Å². The molecular weight excluding hydrogens is 208 g/mol. The second kappa shape index (κ2) is 6.48. The second-order valence-corrected chi connectivity index (χ2v) is 4.26. The van der Waals surface area contributed by atoms with Gasteiger partial charge in [0, 0.05) is 20.0 Å². The van der Waals surface area contributed by atoms with Crippen LogP contribution in [-0.2, 0) is 9.59 Å². The minimum absolute atomic E-state index is 0.00806. The maximum absolute atomic E-state index is 10.9. The van der Waals surface area contributed by atoms with E-state index < -0.39 is 5.97 Å². The van der Waals surface area contributed by atoms with Crippen LogP contribution in [-0.4, -0.2) is 37.1 Å². The molecule has 1 aliphatic rings. The fourth-order valence-corrected chi connectivity index (χ4v) is 2.22. The van der Waals surface area contributed by atoms with Crippen molar-refractivity contribution in [3.63, 3.8) is 0 Å². The van der Waals surface area contributed by atoms with Crippen LogP contribution >= 0.6 is 0 Å². The Morgan fingerprint density at radius 1 is 1.38 bits per heavy atom. The van der Waals surface area contributed by atoms with Gasteiger partial charge in [-0.15, -0.1) is 0 Å². The van der Waals surface area contributed by atoms with Crippen molar-refractivity contribution < 1.29 is 14.7 Å². The molecule has 5 heteroatoms. The summed E-state index contributed by atoms with van der Waals surface area (Å²) in [5, 5.41) is 14.7. The number of amides is 1. The first kappa shape index (κ1) is 13.0. The van der Waals surface area contributed by atoms with Gasteiger partial charge in [-0.2, -0.15) is 0 Å². The number of carbonyl (C=O) groups is 2. The molecule has 16 heavy (non-hydrogen) atoms. The van der Waals surface area contributed by atoms with E-state index in [9.17, 15) is 9.59 Å². The molecule has 0 bridgehead atoms. The fraction of sp³-hybridized carbons (Fsp3) is 0.818. The van der Waals surface area contributed by atoms with Crippen LogP contribution < -0.4 is 10.6 Å². The van der Waals surface area contributed by atoms with Crippen molar-refractivity contribution >= 4 is 11.9 Å². The van der Waals surface area contributed by atoms with Gasteiger partial charge in [-0.3, -0.25) is 9.59 Å². The summed E-state index contributed by atoms with van der Waals surface area (Å²) in [5.74, 6) is -0.654. The molecule has 1 fully saturated rings. The largest absolute Gasteiger partial charge is 0.481 e. The van der Waals surface area contributed by atoms with Crippen LogP contribution in [0, 0.1) is 11.8 Å². The molecule has 2 unspecified atom stereocenters. The standard InChI is InChI=1S/C11H20N2O3/c1-12-10(14)5-6-13-7-8-3-2-4-9(8)11(15)16/h8-9,13H,2-7H2,1H3,(H,12,14)(H,15,16). The van der Waals surface area contributed by atoms with Crippen molar-refractivity contribution in [2.75, 3.05) is 20.1 Å². The molecule has 5 nitrogen and oxygen atoms in total. The fourth-order valence-electron chi connectivity index (χ4n) is 2.22. The van der Waals surface area contributed by atoms with E-state index >= 15 is 0 Å². The van der Waals surface area contributed by atoms with Crippen molar-refractivity contribution in [1.82, 2.24) is 10.6 Å². The van der Waals surface area contributed by atoms with E-state index in [4.69, 9.17) is 5.11 Å². The molecule has 0 aromatic carbocycles. The van der Waals surface area contributed by atoms with Gasteiger partial charge in [0.05, 0.1) is 5.92 Å². The van der Waals surface area contributed by atoms with Crippen molar-refractivity contribution in [1.29, 1.82) is 0 Å². The molecular formula is C11H20N2O3. The Bertz CT molecular complexity index is 256. The van der Waals surface area contributed by atoms with Crippen molar-refractivity contribution in [2.45, 2.75) is 25.7 Å². The molecule has 2 atom stereocenters. The summed E-state index contributed by atoms with van der Waals surface area (Å²) in [6.07, 6.45) is 3.21. The van der Waals surface area contributed by atoms with Crippen LogP contribution in [0.1, 0.15) is 25.7 Å². The first-order valence-corrected chi connectivity index (χ1v) is 5.79. The Hall–Kier alpha value is -1.10. The monoisotopic (exact) mass is 228 g/mol. The van der Waals surface area contributed by atoms with Crippen LogP contribution in [0.25, 0.3) is 0 Å². The van der Waals surface area contributed by atoms with Gasteiger partial charge in [-0.05, 0) is 25.3 Å². The smallest absolute Gasteiger partial charge is 0.306 e. The van der Waals surface area contributed by atoms with Crippen LogP contribution in [0.4, 0.5) is 0 Å². The van der Waals surface area contributed by atoms with Gasteiger partial charge in [0.25, 0.3) is 0 Å². The van der Waals surface area contributed by atoms with E-state index in [0.717, 1.165) is 19.3 Å². The molecule has 0 spiro atoms. The van der Waals surface area contributed by atoms with Gasteiger partial charge in [-0.1, -0.05) is 6.42 Å². The summed E-state index contributed by atoms with van der Waals surface area (Å²) >= 11 is 0. The van der Waals surface area contributed by atoms with Crippen molar-refractivity contribution in [3.05, 3.63) is 0 Å². The summed E-state index contributed by atoms with van der Waals surface area (Å²) in [5.41, 5.74) is 0. The van der Waals surface area contributed by atoms with Crippen molar-refractivity contribution in [3.8, 4) is 0 Å². The zero-order valence-corrected chi connectivity index (χ0v) is 9.66. The first-order chi connectivity index (χ1) is 7.65. The first-order valence-electron chi connectivity index (χ1n) is 5.79. The minimum atomic E-state index is -0.685. The Morgan fingerprint density at radius 2 is 2.12 bits per heavy atom. The van der Waals surface area contributed by atoms with Gasteiger partial charge in [0.2, 0.25) is 5.91 Å². The average Bonchev–Trinajstić information content (AvgIpc) is 2.72. The molecule has 1 rings (SSSR count). The predicted octanol–water partition coefficient (Wildman–Crippen LogP) is 0.213. The highest BCUT2D eigenvalue weighted by molar-refractivity contribution is 5.75. The zero-order chi connectivity index (χ0) is 12.0. The molecule has 0 heterocycles. The van der Waals surface area contributed by atoms with Gasteiger partial charge >= 0.3 is 5.97 Å². The lowest BCUT2D eigenvalue weighted by Gasteiger charge is -2.16. The van der Waals surface area contributed by atoms with E-state index in [1.807, 2.05) is 0 Å². The third-order valence-corrected chi connectivity index (χ3v) is 3.19. The summed E-state index contributed by atoms with van der Waals surface area (Å²) in [6.45, 7) is 1.32. The van der Waals surface area contributed by atoms with Crippen molar-refractivity contribution in [2.24, 2.45) is 11.8 Å². The lowest BCUT2D eigenvalue weighted by atomic mass is 9.96. The molecule has 0 aliphatic heterocycles. The van der Waals surface area contributed by atoms with Gasteiger partial charge in [-0.25, -0.2) is 0 Å². The molecule has 1 amide bonds. The molecule has 1 aliphatic carbocycles. The second-order valence-electron chi connectivity index (χ2n) is 4.26. The molecule has 92 valence electrons. The third-order valence-electron chi connectivity index (χ3n) is 3.19. The van der Waals surface area contributed by atoms with E-state index in [-0.39, 0.29) is 17.7 Å². The molecule has 0 aromatic rings. The summed E-state index contributed by atoms with van der Waals surface area (Å²) in [6, 6.07) is 0. The average molecular weight is 228 g/mol. The third kappa shape index (κ3) is 3.81. The minimum Gasteiger partial charge on any atom is -0.481 e. The highest BCUT2D eigenvalue weighted by Crippen LogP contribution is 2.31. The number of carbonyl (C=O) groups excluding carboxylic acids is 1. The lowest BCUT2D eigenvalue weighted by Crippen LogP contribution is -2.31. The molecule has 0 saturated heterocycles. The molecule has 0 radical (unpaired) electrons. The maximum Gasteiger partial charge on any atom is 0.306 e. The number of hydrogen-bond donors (Lipinski definition) is 3. The Morgan fingerprint density at radius 3 is 2.75 bits per heavy atom. The Balaban J connectivity index is 2.17. The quantitative estimate of drug-likeness (QED) is 0.568. The van der Waals surface area contributed by atoms with Crippen LogP contribution in [0.15, 0.2) is 0 Å². The predicted molar refractivity (Wildman–Crippen MR) is 60.0 cm³/mol. The summed E-state index contributed by atoms with van der Waals surface area (Å²) in [7, 11) is 1.61. The zero-order valence-electron chi connectivity index (χ0n) is 9.66. The summed E-state index contributed by atoms with van der Waals surface area (Å²) < 4.78 is 0. The normalized spacial score (nSPS) is 24.3. The van der Waals surface area contributed by atoms with Gasteiger partial charge in [0.15, 0.2) is 0 Å². The topological polar surface area (TPSA) is 78.4 Å². The summed E-state index contributed by atoms with van der Waals surface area (Å²) in [4.78, 5) is 21.8. The van der Waals surface area contributed by atoms with Crippen LogP contribution in [0.5, 0.6) is 0 Å². The number of rotatable bonds is 6. The maximum atomic E-state index is 10.9. The lowest BCUT2D eigenvalue weighted by molar-refractivity contribution is -0.142. The molecule has 1 saturated carbocycles. The van der Waals surface area contributed by atoms with E-state index in [2.05, 4.69) is 10.6 Å². The SMILES string of the molecule is CNC(=O)CCNCC1CCCC1C(=O)O. The van der Waals surface area contributed by atoms with E-state index in [0.29, 0.717) is 19.5 Å². The van der Waals surface area contributed by atoms with E-state index in [1.165, 1.54) is 0 Å². The number of hydrogen-bond acceptors (Lipinski definition) is 3. The highest BCUT2D eigenvalue weighted by atomic mass is 16.4. The van der Waals surface area contributed by atoms with Crippen LogP contribution in [0.3, 0.4) is 0 Å². The number of nitrogens with one attached hydrogen (secondary N) is 2. The Kier molecular flexibility index (Phi) is 5.25. The highest BCUT2D eigenvalue weighted by Gasteiger charge is 2.32. The molecule has 0 aromatic heterocycles. The number of carboxylic acids is 1. The molecule has 3 N–H and O–H groups in total. The Labute approximate surface area is 95.6 Å². The van der Waals surface area contributed by atoms with Gasteiger partial charge in [0.1, 0.15) is 0 Å². The number of aliphatic carboxylic acids is 1.